The molecule has 0 saturated heterocycles. The van der Waals surface area contributed by atoms with Gasteiger partial charge in [-0.05, 0) is 32.1 Å². The van der Waals surface area contributed by atoms with E-state index >= 15 is 0 Å². The van der Waals surface area contributed by atoms with E-state index in [2.05, 4.69) is 31.3 Å². The van der Waals surface area contributed by atoms with Crippen LogP contribution in [-0.2, 0) is 18.4 Å². The van der Waals surface area contributed by atoms with Gasteiger partial charge in [0.05, 0.1) is 39.9 Å². The fraction of sp³-hybridized carbons (Fsp3) is 0.909. The van der Waals surface area contributed by atoms with Crippen molar-refractivity contribution < 1.29 is 32.9 Å². The van der Waals surface area contributed by atoms with Crippen molar-refractivity contribution in [1.29, 1.82) is 0 Å². The first-order chi connectivity index (χ1) is 31.0. The lowest BCUT2D eigenvalue weighted by molar-refractivity contribution is -0.870. The van der Waals surface area contributed by atoms with Gasteiger partial charge in [-0.2, -0.15) is 0 Å². The molecule has 8 nitrogen and oxygen atoms in total. The largest absolute Gasteiger partial charge is 0.756 e. The van der Waals surface area contributed by atoms with Crippen LogP contribution >= 0.6 is 7.82 Å². The Labute approximate surface area is 398 Å². The fourth-order valence-electron chi connectivity index (χ4n) is 8.29. The molecule has 0 aromatic rings. The number of hydrogen-bond donors (Lipinski definition) is 2. The van der Waals surface area contributed by atoms with Gasteiger partial charge in [0.25, 0.3) is 7.82 Å². The summed E-state index contributed by atoms with van der Waals surface area (Å²) < 4.78 is 23.3. The van der Waals surface area contributed by atoms with E-state index in [4.69, 9.17) is 9.05 Å². The minimum absolute atomic E-state index is 0.00378. The maximum Gasteiger partial charge on any atom is 0.268 e. The Bertz CT molecular complexity index is 1090. The highest BCUT2D eigenvalue weighted by molar-refractivity contribution is 7.45. The average Bonchev–Trinajstić information content (AvgIpc) is 3.25. The number of carbonyl (C=O) groups excluding carboxylic acids is 1. The molecule has 0 fully saturated rings. The minimum atomic E-state index is -4.60. The van der Waals surface area contributed by atoms with Gasteiger partial charge < -0.3 is 28.8 Å². The second kappa shape index (κ2) is 47.1. The summed E-state index contributed by atoms with van der Waals surface area (Å²) in [5.74, 6) is -0.202. The molecule has 0 radical (unpaired) electrons. The zero-order valence-corrected chi connectivity index (χ0v) is 44.1. The molecular formula is C55H109N2O6P. The summed E-state index contributed by atoms with van der Waals surface area (Å²) in [5.41, 5.74) is 0. The number of nitrogens with zero attached hydrogens (tertiary/aromatic N) is 1. The van der Waals surface area contributed by atoms with Crippen LogP contribution in [0.15, 0.2) is 24.3 Å². The minimum Gasteiger partial charge on any atom is -0.756 e. The summed E-state index contributed by atoms with van der Waals surface area (Å²) >= 11 is 0. The number of amides is 1. The van der Waals surface area contributed by atoms with Gasteiger partial charge in [0.15, 0.2) is 0 Å². The molecule has 0 rings (SSSR count). The van der Waals surface area contributed by atoms with Crippen LogP contribution in [0.4, 0.5) is 0 Å². The van der Waals surface area contributed by atoms with Gasteiger partial charge in [0.2, 0.25) is 5.91 Å². The summed E-state index contributed by atoms with van der Waals surface area (Å²) in [6.45, 7) is 4.67. The number of quaternary nitrogens is 1. The molecule has 0 aromatic carbocycles. The second-order valence-electron chi connectivity index (χ2n) is 20.3. The molecule has 0 bridgehead atoms. The van der Waals surface area contributed by atoms with Crippen molar-refractivity contribution in [2.24, 2.45) is 0 Å². The molecule has 380 valence electrons. The lowest BCUT2D eigenvalue weighted by atomic mass is 10.0. The van der Waals surface area contributed by atoms with Crippen LogP contribution in [0.2, 0.25) is 0 Å². The summed E-state index contributed by atoms with van der Waals surface area (Å²) in [5, 5.41) is 13.9. The van der Waals surface area contributed by atoms with Gasteiger partial charge >= 0.3 is 0 Å². The molecule has 2 N–H and O–H groups in total. The lowest BCUT2D eigenvalue weighted by Crippen LogP contribution is -2.45. The van der Waals surface area contributed by atoms with E-state index in [1.54, 1.807) is 6.08 Å². The van der Waals surface area contributed by atoms with Crippen LogP contribution in [0.5, 0.6) is 0 Å². The van der Waals surface area contributed by atoms with Crippen LogP contribution in [0.1, 0.15) is 271 Å². The van der Waals surface area contributed by atoms with Gasteiger partial charge in [-0.3, -0.25) is 9.36 Å². The normalized spacial score (nSPS) is 14.2. The van der Waals surface area contributed by atoms with Gasteiger partial charge in [0, 0.05) is 6.42 Å². The van der Waals surface area contributed by atoms with Gasteiger partial charge in [-0.25, -0.2) is 0 Å². The molecule has 0 heterocycles. The zero-order valence-electron chi connectivity index (χ0n) is 43.3. The standard InChI is InChI=1S/C55H109N2O6P/c1-6-8-10-12-14-16-18-20-22-24-26-27-28-29-31-32-34-36-38-40-42-44-46-48-54(58)53(52-63-64(60,61)62-51-50-57(3,4)5)56-55(59)49-47-45-43-41-39-37-35-33-30-25-23-21-19-17-15-13-11-9-7-2/h38,40,46,48,53-54,58H,6-37,39,41-45,47,49-52H2,1-5H3,(H-,56,59,60,61)/b40-38+,48-46+. The summed E-state index contributed by atoms with van der Waals surface area (Å²) in [4.78, 5) is 25.4. The third-order valence-electron chi connectivity index (χ3n) is 12.7. The van der Waals surface area contributed by atoms with E-state index in [-0.39, 0.29) is 19.1 Å². The number of unbranched alkanes of at least 4 members (excludes halogenated alkanes) is 36. The third kappa shape index (κ3) is 48.9. The van der Waals surface area contributed by atoms with Gasteiger partial charge in [0.1, 0.15) is 13.2 Å². The van der Waals surface area contributed by atoms with Crippen LogP contribution in [0.3, 0.4) is 0 Å². The van der Waals surface area contributed by atoms with Crippen LogP contribution in [0, 0.1) is 0 Å². The molecule has 64 heavy (non-hydrogen) atoms. The van der Waals surface area contributed by atoms with E-state index in [0.29, 0.717) is 17.4 Å². The number of hydrogen-bond acceptors (Lipinski definition) is 6. The van der Waals surface area contributed by atoms with E-state index in [1.807, 2.05) is 27.2 Å². The van der Waals surface area contributed by atoms with Gasteiger partial charge in [-0.1, -0.05) is 256 Å². The Hall–Kier alpha value is -1.02. The first-order valence-electron chi connectivity index (χ1n) is 27.7. The number of allylic oxidation sites excluding steroid dienone is 3. The Kier molecular flexibility index (Phi) is 46.3. The smallest absolute Gasteiger partial charge is 0.268 e. The number of likely N-dealkylation sites (N-methyl/N-ethyl adjacent to an activating group) is 1. The highest BCUT2D eigenvalue weighted by Crippen LogP contribution is 2.38. The molecule has 0 aromatic heterocycles. The Morgan fingerprint density at radius 2 is 0.875 bits per heavy atom. The van der Waals surface area contributed by atoms with Crippen molar-refractivity contribution in [2.45, 2.75) is 283 Å². The summed E-state index contributed by atoms with van der Waals surface area (Å²) in [6.07, 6.45) is 58.2. The summed E-state index contributed by atoms with van der Waals surface area (Å²) in [7, 11) is 1.26. The molecule has 0 aliphatic heterocycles. The Morgan fingerprint density at radius 1 is 0.531 bits per heavy atom. The third-order valence-corrected chi connectivity index (χ3v) is 13.6. The Morgan fingerprint density at radius 3 is 1.27 bits per heavy atom. The fourth-order valence-corrected chi connectivity index (χ4v) is 9.01. The number of carbonyl (C=O) groups is 1. The van der Waals surface area contributed by atoms with E-state index in [0.717, 1.165) is 38.5 Å². The molecule has 0 aliphatic rings. The molecule has 0 spiro atoms. The SMILES string of the molecule is CCCCCCCCCCCCCCCCCCC/C=C/CC/C=C/C(O)C(COP(=O)([O-])OCC[N+](C)(C)C)NC(=O)CCCCCCCCCCCCCCCCCCCCC. The van der Waals surface area contributed by atoms with Crippen molar-refractivity contribution in [3.63, 3.8) is 0 Å². The topological polar surface area (TPSA) is 108 Å². The van der Waals surface area contributed by atoms with Crippen molar-refractivity contribution >= 4 is 13.7 Å². The zero-order chi connectivity index (χ0) is 47.1. The number of phosphoric acid groups is 1. The van der Waals surface area contributed by atoms with E-state index < -0.39 is 20.0 Å². The molecule has 3 unspecified atom stereocenters. The molecule has 0 saturated carbocycles. The van der Waals surface area contributed by atoms with E-state index in [1.165, 1.54) is 212 Å². The highest BCUT2D eigenvalue weighted by Gasteiger charge is 2.23. The van der Waals surface area contributed by atoms with Crippen molar-refractivity contribution in [3.8, 4) is 0 Å². The summed E-state index contributed by atoms with van der Waals surface area (Å²) in [6, 6.07) is -0.899. The monoisotopic (exact) mass is 925 g/mol. The molecule has 9 heteroatoms. The number of aliphatic hydroxyl groups excluding tert-OH is 1. The first kappa shape index (κ1) is 63.0. The second-order valence-corrected chi connectivity index (χ2v) is 21.7. The van der Waals surface area contributed by atoms with Crippen molar-refractivity contribution in [2.75, 3.05) is 40.9 Å². The maximum absolute atomic E-state index is 12.9. The predicted octanol–water partition coefficient (Wildman–Crippen LogP) is 15.8. The van der Waals surface area contributed by atoms with Crippen molar-refractivity contribution in [1.82, 2.24) is 5.32 Å². The van der Waals surface area contributed by atoms with Gasteiger partial charge in [-0.15, -0.1) is 0 Å². The first-order valence-corrected chi connectivity index (χ1v) is 29.2. The van der Waals surface area contributed by atoms with E-state index in [9.17, 15) is 19.4 Å². The molecular weight excluding hydrogens is 816 g/mol. The molecule has 0 aliphatic carbocycles. The van der Waals surface area contributed by atoms with Crippen LogP contribution in [0.25, 0.3) is 0 Å². The maximum atomic E-state index is 12.9. The number of nitrogens with one attached hydrogen (secondary N) is 1. The highest BCUT2D eigenvalue weighted by atomic mass is 31.2. The van der Waals surface area contributed by atoms with Crippen molar-refractivity contribution in [3.05, 3.63) is 24.3 Å². The van der Waals surface area contributed by atoms with Crippen LogP contribution < -0.4 is 10.2 Å². The molecule has 1 amide bonds. The molecule has 3 atom stereocenters. The van der Waals surface area contributed by atoms with Crippen LogP contribution in [-0.4, -0.2) is 68.5 Å². The lowest BCUT2D eigenvalue weighted by Gasteiger charge is -2.29. The average molecular weight is 925 g/mol. The number of rotatable bonds is 51. The quantitative estimate of drug-likeness (QED) is 0.0272. The predicted molar refractivity (Wildman–Crippen MR) is 275 cm³/mol. The Balaban J connectivity index is 4.27. The number of phosphoric ester groups is 1. The number of aliphatic hydroxyl groups is 1.